The molecule has 0 aliphatic rings. The molecular formula is C15H18BrNO. The van der Waals surface area contributed by atoms with Crippen LogP contribution in [0.1, 0.15) is 30.7 Å². The van der Waals surface area contributed by atoms with E-state index in [2.05, 4.69) is 66.3 Å². The van der Waals surface area contributed by atoms with Crippen LogP contribution in [0.5, 0.6) is 0 Å². The van der Waals surface area contributed by atoms with Gasteiger partial charge in [-0.25, -0.2) is 0 Å². The van der Waals surface area contributed by atoms with E-state index in [4.69, 9.17) is 4.42 Å². The van der Waals surface area contributed by atoms with Gasteiger partial charge in [0.1, 0.15) is 5.76 Å². The number of hydrogen-bond acceptors (Lipinski definition) is 2. The Morgan fingerprint density at radius 3 is 2.39 bits per heavy atom. The molecule has 0 unspecified atom stereocenters. The SMILES string of the molecule is Cc1ccoc1CNC(C)(C)c1ccc(Br)cc1. The highest BCUT2D eigenvalue weighted by Gasteiger charge is 2.20. The second-order valence-electron chi connectivity index (χ2n) is 5.01. The zero-order valence-electron chi connectivity index (χ0n) is 11.0. The second-order valence-corrected chi connectivity index (χ2v) is 5.93. The molecule has 2 rings (SSSR count). The number of halogens is 1. The van der Waals surface area contributed by atoms with Crippen molar-refractivity contribution in [3.8, 4) is 0 Å². The third-order valence-corrected chi connectivity index (χ3v) is 3.75. The van der Waals surface area contributed by atoms with Crippen LogP contribution in [0, 0.1) is 6.92 Å². The molecule has 0 saturated carbocycles. The first-order chi connectivity index (χ1) is 8.49. The van der Waals surface area contributed by atoms with Gasteiger partial charge in [-0.3, -0.25) is 0 Å². The molecule has 1 aromatic carbocycles. The van der Waals surface area contributed by atoms with Crippen LogP contribution in [0.4, 0.5) is 0 Å². The van der Waals surface area contributed by atoms with E-state index >= 15 is 0 Å². The lowest BCUT2D eigenvalue weighted by Crippen LogP contribution is -2.35. The van der Waals surface area contributed by atoms with Gasteiger partial charge in [0.15, 0.2) is 0 Å². The van der Waals surface area contributed by atoms with Crippen LogP contribution in [0.25, 0.3) is 0 Å². The minimum atomic E-state index is -0.0834. The molecular weight excluding hydrogens is 290 g/mol. The van der Waals surface area contributed by atoms with E-state index < -0.39 is 0 Å². The van der Waals surface area contributed by atoms with Crippen LogP contribution >= 0.6 is 15.9 Å². The van der Waals surface area contributed by atoms with Gasteiger partial charge in [0.2, 0.25) is 0 Å². The van der Waals surface area contributed by atoms with Crippen molar-refractivity contribution in [1.29, 1.82) is 0 Å². The molecule has 2 nitrogen and oxygen atoms in total. The highest BCUT2D eigenvalue weighted by atomic mass is 79.9. The van der Waals surface area contributed by atoms with Crippen molar-refractivity contribution >= 4 is 15.9 Å². The summed E-state index contributed by atoms with van der Waals surface area (Å²) in [4.78, 5) is 0. The Morgan fingerprint density at radius 2 is 1.83 bits per heavy atom. The molecule has 18 heavy (non-hydrogen) atoms. The molecule has 96 valence electrons. The third-order valence-electron chi connectivity index (χ3n) is 3.22. The van der Waals surface area contributed by atoms with Crippen molar-refractivity contribution in [2.75, 3.05) is 0 Å². The summed E-state index contributed by atoms with van der Waals surface area (Å²) >= 11 is 3.46. The minimum Gasteiger partial charge on any atom is -0.468 e. The molecule has 1 aromatic heterocycles. The fraction of sp³-hybridized carbons (Fsp3) is 0.333. The van der Waals surface area contributed by atoms with Crippen molar-refractivity contribution in [1.82, 2.24) is 5.32 Å². The van der Waals surface area contributed by atoms with E-state index in [-0.39, 0.29) is 5.54 Å². The summed E-state index contributed by atoms with van der Waals surface area (Å²) in [7, 11) is 0. The maximum atomic E-state index is 5.44. The van der Waals surface area contributed by atoms with Gasteiger partial charge in [0.05, 0.1) is 12.8 Å². The van der Waals surface area contributed by atoms with Crippen molar-refractivity contribution in [2.45, 2.75) is 32.9 Å². The summed E-state index contributed by atoms with van der Waals surface area (Å²) in [5.41, 5.74) is 2.36. The Labute approximate surface area is 117 Å². The van der Waals surface area contributed by atoms with E-state index in [0.29, 0.717) is 0 Å². The maximum absolute atomic E-state index is 5.44. The minimum absolute atomic E-state index is 0.0834. The molecule has 0 aliphatic heterocycles. The standard InChI is InChI=1S/C15H18BrNO/c1-11-8-9-18-14(11)10-17-15(2,3)12-4-6-13(16)7-5-12/h4-9,17H,10H2,1-3H3. The molecule has 3 heteroatoms. The fourth-order valence-electron chi connectivity index (χ4n) is 1.86. The van der Waals surface area contributed by atoms with Crippen LogP contribution in [0.15, 0.2) is 45.5 Å². The predicted molar refractivity (Wildman–Crippen MR) is 77.5 cm³/mol. The van der Waals surface area contributed by atoms with Crippen molar-refractivity contribution in [2.24, 2.45) is 0 Å². The normalized spacial score (nSPS) is 11.8. The van der Waals surface area contributed by atoms with Gasteiger partial charge in [0, 0.05) is 10.0 Å². The predicted octanol–water partition coefficient (Wildman–Crippen LogP) is 4.38. The number of aryl methyl sites for hydroxylation is 1. The monoisotopic (exact) mass is 307 g/mol. The molecule has 1 N–H and O–H groups in total. The van der Waals surface area contributed by atoms with E-state index in [1.165, 1.54) is 11.1 Å². The van der Waals surface area contributed by atoms with Gasteiger partial charge in [0.25, 0.3) is 0 Å². The Morgan fingerprint density at radius 1 is 1.17 bits per heavy atom. The maximum Gasteiger partial charge on any atom is 0.120 e. The number of nitrogens with one attached hydrogen (secondary N) is 1. The topological polar surface area (TPSA) is 25.2 Å². The summed E-state index contributed by atoms with van der Waals surface area (Å²) in [6, 6.07) is 10.4. The third kappa shape index (κ3) is 3.03. The summed E-state index contributed by atoms with van der Waals surface area (Å²) < 4.78 is 6.55. The zero-order chi connectivity index (χ0) is 13.2. The van der Waals surface area contributed by atoms with Crippen molar-refractivity contribution in [3.05, 3.63) is 58.0 Å². The molecule has 0 spiro atoms. The quantitative estimate of drug-likeness (QED) is 0.907. The van der Waals surface area contributed by atoms with Gasteiger partial charge in [-0.2, -0.15) is 0 Å². The molecule has 0 aliphatic carbocycles. The molecule has 0 atom stereocenters. The van der Waals surface area contributed by atoms with E-state index in [1.54, 1.807) is 6.26 Å². The lowest BCUT2D eigenvalue weighted by Gasteiger charge is -2.27. The van der Waals surface area contributed by atoms with Crippen LogP contribution in [-0.2, 0) is 12.1 Å². The van der Waals surface area contributed by atoms with E-state index in [1.807, 2.05) is 6.07 Å². The number of furan rings is 1. The first-order valence-electron chi connectivity index (χ1n) is 6.03. The summed E-state index contributed by atoms with van der Waals surface area (Å²) in [6.45, 7) is 7.15. The van der Waals surface area contributed by atoms with Gasteiger partial charge in [-0.05, 0) is 50.1 Å². The van der Waals surface area contributed by atoms with Gasteiger partial charge in [-0.1, -0.05) is 28.1 Å². The highest BCUT2D eigenvalue weighted by molar-refractivity contribution is 9.10. The number of rotatable bonds is 4. The number of hydrogen-bond donors (Lipinski definition) is 1. The largest absolute Gasteiger partial charge is 0.468 e. The van der Waals surface area contributed by atoms with Crippen LogP contribution in [0.2, 0.25) is 0 Å². The van der Waals surface area contributed by atoms with Crippen molar-refractivity contribution < 1.29 is 4.42 Å². The summed E-state index contributed by atoms with van der Waals surface area (Å²) in [5, 5.41) is 3.53. The van der Waals surface area contributed by atoms with Crippen molar-refractivity contribution in [3.63, 3.8) is 0 Å². The molecule has 0 fully saturated rings. The van der Waals surface area contributed by atoms with Crippen LogP contribution < -0.4 is 5.32 Å². The van der Waals surface area contributed by atoms with Gasteiger partial charge in [-0.15, -0.1) is 0 Å². The average Bonchev–Trinajstić information content (AvgIpc) is 2.73. The van der Waals surface area contributed by atoms with E-state index in [9.17, 15) is 0 Å². The first-order valence-corrected chi connectivity index (χ1v) is 6.82. The lowest BCUT2D eigenvalue weighted by atomic mass is 9.94. The lowest BCUT2D eigenvalue weighted by molar-refractivity contribution is 0.370. The smallest absolute Gasteiger partial charge is 0.120 e. The Balaban J connectivity index is 2.07. The van der Waals surface area contributed by atoms with Gasteiger partial charge >= 0.3 is 0 Å². The zero-order valence-corrected chi connectivity index (χ0v) is 12.5. The molecule has 0 radical (unpaired) electrons. The molecule has 0 saturated heterocycles. The van der Waals surface area contributed by atoms with Crippen LogP contribution in [-0.4, -0.2) is 0 Å². The summed E-state index contributed by atoms with van der Waals surface area (Å²) in [6.07, 6.45) is 1.74. The fourth-order valence-corrected chi connectivity index (χ4v) is 2.12. The van der Waals surface area contributed by atoms with Gasteiger partial charge < -0.3 is 9.73 Å². The number of benzene rings is 1. The molecule has 1 heterocycles. The Bertz CT molecular complexity index is 514. The second kappa shape index (κ2) is 5.29. The summed E-state index contributed by atoms with van der Waals surface area (Å²) in [5.74, 6) is 1.00. The molecule has 0 bridgehead atoms. The Hall–Kier alpha value is -1.06. The molecule has 2 aromatic rings. The molecule has 0 amide bonds. The van der Waals surface area contributed by atoms with E-state index in [0.717, 1.165) is 16.8 Å². The average molecular weight is 308 g/mol. The van der Waals surface area contributed by atoms with Crippen LogP contribution in [0.3, 0.4) is 0 Å². The Kier molecular flexibility index (Phi) is 3.93. The highest BCUT2D eigenvalue weighted by Crippen LogP contribution is 2.23. The first kappa shape index (κ1) is 13.4.